The number of nitrogens with two attached hydrogens (primary N) is 1. The van der Waals surface area contributed by atoms with Crippen molar-refractivity contribution in [3.8, 4) is 0 Å². The van der Waals surface area contributed by atoms with Gasteiger partial charge in [-0.2, -0.15) is 0 Å². The number of primary amides is 1. The summed E-state index contributed by atoms with van der Waals surface area (Å²) in [7, 11) is 0. The molecule has 2 rings (SSSR count). The number of aryl methyl sites for hydroxylation is 1. The van der Waals surface area contributed by atoms with E-state index in [1.54, 1.807) is 43.3 Å². The van der Waals surface area contributed by atoms with Gasteiger partial charge >= 0.3 is 0 Å². The zero-order valence-electron chi connectivity index (χ0n) is 12.8. The van der Waals surface area contributed by atoms with Crippen LogP contribution in [0.25, 0.3) is 6.08 Å². The van der Waals surface area contributed by atoms with E-state index >= 15 is 0 Å². The van der Waals surface area contributed by atoms with Crippen molar-refractivity contribution in [2.24, 2.45) is 5.73 Å². The summed E-state index contributed by atoms with van der Waals surface area (Å²) in [5.74, 6) is 0.128. The average molecular weight is 333 g/mol. The van der Waals surface area contributed by atoms with E-state index in [1.165, 1.54) is 19.1 Å². The number of nitrogens with one attached hydrogen (secondary N) is 1. The van der Waals surface area contributed by atoms with E-state index in [2.05, 4.69) is 5.32 Å². The van der Waals surface area contributed by atoms with Crippen molar-refractivity contribution in [1.82, 2.24) is 5.32 Å². The molecular weight excluding hydrogens is 316 g/mol. The molecule has 0 bridgehead atoms. The molecule has 0 unspecified atom stereocenters. The molecule has 2 amide bonds. The first-order valence-corrected chi connectivity index (χ1v) is 7.31. The third-order valence-electron chi connectivity index (χ3n) is 3.43. The number of furan rings is 1. The number of rotatable bonds is 5. The highest BCUT2D eigenvalue weighted by atomic mass is 35.5. The summed E-state index contributed by atoms with van der Waals surface area (Å²) in [6.45, 7) is 3.34. The minimum Gasteiger partial charge on any atom is -0.462 e. The molecule has 0 radical (unpaired) electrons. The maximum absolute atomic E-state index is 12.1. The molecule has 0 aliphatic heterocycles. The lowest BCUT2D eigenvalue weighted by atomic mass is 9.91. The lowest BCUT2D eigenvalue weighted by molar-refractivity contribution is -0.129. The van der Waals surface area contributed by atoms with Crippen LogP contribution in [-0.2, 0) is 15.1 Å². The fourth-order valence-corrected chi connectivity index (χ4v) is 2.25. The van der Waals surface area contributed by atoms with Crippen LogP contribution in [-0.4, -0.2) is 11.8 Å². The van der Waals surface area contributed by atoms with Gasteiger partial charge in [-0.3, -0.25) is 9.59 Å². The molecule has 0 aliphatic carbocycles. The van der Waals surface area contributed by atoms with Gasteiger partial charge in [0.2, 0.25) is 11.8 Å². The fraction of sp³-hybridized carbons (Fsp3) is 0.176. The molecule has 0 fully saturated rings. The molecule has 3 N–H and O–H groups in total. The molecule has 0 spiro atoms. The van der Waals surface area contributed by atoms with Gasteiger partial charge in [-0.25, -0.2) is 0 Å². The van der Waals surface area contributed by atoms with Gasteiger partial charge in [-0.05, 0) is 49.8 Å². The van der Waals surface area contributed by atoms with Crippen molar-refractivity contribution in [3.63, 3.8) is 0 Å². The molecular formula is C17H17ClN2O3. The standard InChI is InChI=1S/C17H17ClN2O3/c1-11-6-7-14(23-11)8-9-15(21)20-17(2,16(19)22)12-4-3-5-13(18)10-12/h3-10H,1-2H3,(H2,19,22)(H,20,21)/b9-8+/t17-/m1/s1. The normalized spacial score (nSPS) is 13.7. The van der Waals surface area contributed by atoms with Crippen molar-refractivity contribution >= 4 is 29.5 Å². The SMILES string of the molecule is Cc1ccc(/C=C/C(=O)N[C@@](C)(C(N)=O)c2cccc(Cl)c2)o1. The summed E-state index contributed by atoms with van der Waals surface area (Å²) in [6, 6.07) is 10.2. The Kier molecular flexibility index (Phi) is 4.91. The summed E-state index contributed by atoms with van der Waals surface area (Å²) < 4.78 is 5.34. The number of halogens is 1. The maximum Gasteiger partial charge on any atom is 0.247 e. The molecule has 6 heteroatoms. The van der Waals surface area contributed by atoms with Crippen LogP contribution in [0.3, 0.4) is 0 Å². The maximum atomic E-state index is 12.1. The topological polar surface area (TPSA) is 85.3 Å². The summed E-state index contributed by atoms with van der Waals surface area (Å²) in [6.07, 6.45) is 2.80. The molecule has 0 aliphatic rings. The van der Waals surface area contributed by atoms with Gasteiger partial charge in [-0.1, -0.05) is 23.7 Å². The summed E-state index contributed by atoms with van der Waals surface area (Å²) in [5, 5.41) is 3.06. The Morgan fingerprint density at radius 3 is 2.61 bits per heavy atom. The number of hydrogen-bond donors (Lipinski definition) is 2. The highest BCUT2D eigenvalue weighted by Gasteiger charge is 2.34. The number of carbonyl (C=O) groups excluding carboxylic acids is 2. The minimum absolute atomic E-state index is 0.450. The van der Waals surface area contributed by atoms with Crippen LogP contribution < -0.4 is 11.1 Å². The van der Waals surface area contributed by atoms with Crippen LogP contribution in [0.1, 0.15) is 24.0 Å². The third kappa shape index (κ3) is 4.02. The number of carbonyl (C=O) groups is 2. The van der Waals surface area contributed by atoms with E-state index in [-0.39, 0.29) is 0 Å². The third-order valence-corrected chi connectivity index (χ3v) is 3.66. The molecule has 23 heavy (non-hydrogen) atoms. The first-order valence-electron chi connectivity index (χ1n) is 6.94. The molecule has 120 valence electrons. The number of benzene rings is 1. The molecule has 1 atom stereocenters. The fourth-order valence-electron chi connectivity index (χ4n) is 2.06. The smallest absolute Gasteiger partial charge is 0.247 e. The van der Waals surface area contributed by atoms with Crippen LogP contribution in [0.2, 0.25) is 5.02 Å². The molecule has 5 nitrogen and oxygen atoms in total. The Hall–Kier alpha value is -2.53. The van der Waals surface area contributed by atoms with Crippen molar-refractivity contribution in [1.29, 1.82) is 0 Å². The monoisotopic (exact) mass is 332 g/mol. The Morgan fingerprint density at radius 2 is 2.04 bits per heavy atom. The van der Waals surface area contributed by atoms with Gasteiger partial charge in [0.1, 0.15) is 17.1 Å². The van der Waals surface area contributed by atoms with Crippen molar-refractivity contribution < 1.29 is 14.0 Å². The minimum atomic E-state index is -1.37. The van der Waals surface area contributed by atoms with E-state index in [1.807, 2.05) is 0 Å². The van der Waals surface area contributed by atoms with Gasteiger partial charge < -0.3 is 15.5 Å². The summed E-state index contributed by atoms with van der Waals surface area (Å²) >= 11 is 5.94. The van der Waals surface area contributed by atoms with E-state index < -0.39 is 17.4 Å². The Labute approximate surface area is 139 Å². The first-order chi connectivity index (χ1) is 10.8. The molecule has 2 aromatic rings. The Balaban J connectivity index is 2.20. The Bertz CT molecular complexity index is 767. The van der Waals surface area contributed by atoms with Gasteiger partial charge in [-0.15, -0.1) is 0 Å². The first kappa shape index (κ1) is 16.8. The second-order valence-corrected chi connectivity index (χ2v) is 5.71. The highest BCUT2D eigenvalue weighted by molar-refractivity contribution is 6.30. The lowest BCUT2D eigenvalue weighted by Gasteiger charge is -2.27. The molecule has 1 aromatic heterocycles. The van der Waals surface area contributed by atoms with Crippen molar-refractivity contribution in [2.45, 2.75) is 19.4 Å². The van der Waals surface area contributed by atoms with Crippen LogP contribution >= 0.6 is 11.6 Å². The van der Waals surface area contributed by atoms with E-state index in [0.717, 1.165) is 5.76 Å². The summed E-state index contributed by atoms with van der Waals surface area (Å²) in [5.41, 5.74) is 4.61. The second kappa shape index (κ2) is 6.71. The van der Waals surface area contributed by atoms with Crippen LogP contribution in [0.5, 0.6) is 0 Å². The van der Waals surface area contributed by atoms with Gasteiger partial charge in [0, 0.05) is 11.1 Å². The number of hydrogen-bond acceptors (Lipinski definition) is 3. The van der Waals surface area contributed by atoms with E-state index in [0.29, 0.717) is 16.3 Å². The lowest BCUT2D eigenvalue weighted by Crippen LogP contribution is -2.52. The molecule has 1 aromatic carbocycles. The Morgan fingerprint density at radius 1 is 1.30 bits per heavy atom. The van der Waals surface area contributed by atoms with Gasteiger partial charge in [0.15, 0.2) is 0 Å². The quantitative estimate of drug-likeness (QED) is 0.825. The summed E-state index contributed by atoms with van der Waals surface area (Å²) in [4.78, 5) is 24.0. The molecule has 1 heterocycles. The zero-order valence-corrected chi connectivity index (χ0v) is 13.6. The number of amides is 2. The van der Waals surface area contributed by atoms with Crippen molar-refractivity contribution in [3.05, 3.63) is 64.6 Å². The predicted octanol–water partition coefficient (Wildman–Crippen LogP) is 2.77. The van der Waals surface area contributed by atoms with Crippen LogP contribution in [0.15, 0.2) is 46.9 Å². The second-order valence-electron chi connectivity index (χ2n) is 5.27. The van der Waals surface area contributed by atoms with Crippen LogP contribution in [0, 0.1) is 6.92 Å². The van der Waals surface area contributed by atoms with Crippen LogP contribution in [0.4, 0.5) is 0 Å². The largest absolute Gasteiger partial charge is 0.462 e. The molecule has 0 saturated carbocycles. The van der Waals surface area contributed by atoms with Gasteiger partial charge in [0.05, 0.1) is 0 Å². The molecule has 0 saturated heterocycles. The highest BCUT2D eigenvalue weighted by Crippen LogP contribution is 2.23. The predicted molar refractivity (Wildman–Crippen MR) is 88.6 cm³/mol. The average Bonchev–Trinajstić information content (AvgIpc) is 2.90. The van der Waals surface area contributed by atoms with E-state index in [4.69, 9.17) is 21.8 Å². The van der Waals surface area contributed by atoms with E-state index in [9.17, 15) is 9.59 Å². The van der Waals surface area contributed by atoms with Gasteiger partial charge in [0.25, 0.3) is 0 Å². The zero-order chi connectivity index (χ0) is 17.0. The van der Waals surface area contributed by atoms with Crippen molar-refractivity contribution in [2.75, 3.05) is 0 Å².